The van der Waals surface area contributed by atoms with Crippen molar-refractivity contribution in [1.29, 1.82) is 0 Å². The molecule has 0 saturated carbocycles. The van der Waals surface area contributed by atoms with Crippen molar-refractivity contribution in [3.05, 3.63) is 59.8 Å². The highest BCUT2D eigenvalue weighted by Gasteiger charge is 2.10. The lowest BCUT2D eigenvalue weighted by Crippen LogP contribution is -2.03. The first kappa shape index (κ1) is 17.1. The number of H-pyrrole nitrogens is 2. The average Bonchev–Trinajstić information content (AvgIpc) is 3.27. The first-order valence-corrected chi connectivity index (χ1v) is 9.03. The molecular weight excluding hydrogens is 371 g/mol. The highest BCUT2D eigenvalue weighted by molar-refractivity contribution is 5.86. The van der Waals surface area contributed by atoms with Gasteiger partial charge in [0.05, 0.1) is 17.2 Å². The maximum atomic E-state index is 14.3. The van der Waals surface area contributed by atoms with Crippen LogP contribution in [0.5, 0.6) is 0 Å². The Morgan fingerprint density at radius 2 is 1.41 bits per heavy atom. The number of fused-ring (bicyclic) bond motifs is 2. The number of hydrogen-bond acceptors (Lipinski definition) is 6. The van der Waals surface area contributed by atoms with Gasteiger partial charge in [0, 0.05) is 33.5 Å². The molecule has 0 radical (unpaired) electrons. The zero-order chi connectivity index (χ0) is 20.0. The molecule has 3 aromatic heterocycles. The highest BCUT2D eigenvalue weighted by atomic mass is 19.1. The molecule has 9 heteroatoms. The Balaban J connectivity index is 1.44. The largest absolute Gasteiger partial charge is 0.338 e. The molecule has 2 aromatic carbocycles. The smallest absolute Gasteiger partial charge is 0.229 e. The van der Waals surface area contributed by atoms with Gasteiger partial charge in [0.2, 0.25) is 5.95 Å². The summed E-state index contributed by atoms with van der Waals surface area (Å²) in [5.74, 6) is -0.167. The fourth-order valence-corrected chi connectivity index (χ4v) is 3.21. The van der Waals surface area contributed by atoms with Gasteiger partial charge in [-0.25, -0.2) is 9.37 Å². The van der Waals surface area contributed by atoms with E-state index in [0.29, 0.717) is 5.69 Å². The van der Waals surface area contributed by atoms with Gasteiger partial charge in [-0.15, -0.1) is 0 Å². The Hall–Kier alpha value is -4.01. The molecule has 0 aliphatic rings. The van der Waals surface area contributed by atoms with Crippen LogP contribution >= 0.6 is 0 Å². The van der Waals surface area contributed by atoms with Crippen LogP contribution in [0.2, 0.25) is 0 Å². The summed E-state index contributed by atoms with van der Waals surface area (Å²) in [6.45, 7) is 3.89. The second kappa shape index (κ2) is 6.55. The van der Waals surface area contributed by atoms with Gasteiger partial charge >= 0.3 is 0 Å². The van der Waals surface area contributed by atoms with E-state index in [2.05, 4.69) is 41.0 Å². The molecule has 144 valence electrons. The first-order valence-electron chi connectivity index (χ1n) is 9.03. The molecule has 0 fully saturated rings. The minimum absolute atomic E-state index is 0.0866. The third-order valence-corrected chi connectivity index (χ3v) is 4.75. The Kier molecular flexibility index (Phi) is 3.87. The van der Waals surface area contributed by atoms with E-state index in [9.17, 15) is 4.39 Å². The number of aryl methyl sites for hydroxylation is 2. The molecule has 4 N–H and O–H groups in total. The maximum Gasteiger partial charge on any atom is 0.229 e. The number of benzene rings is 2. The van der Waals surface area contributed by atoms with Gasteiger partial charge < -0.3 is 10.6 Å². The summed E-state index contributed by atoms with van der Waals surface area (Å²) in [5.41, 5.74) is 5.13. The number of halogens is 1. The number of anilines is 4. The highest BCUT2D eigenvalue weighted by Crippen LogP contribution is 2.25. The molecule has 0 aliphatic heterocycles. The van der Waals surface area contributed by atoms with E-state index in [0.717, 1.165) is 45.1 Å². The van der Waals surface area contributed by atoms with Crippen molar-refractivity contribution in [2.45, 2.75) is 13.8 Å². The van der Waals surface area contributed by atoms with Gasteiger partial charge in [-0.1, -0.05) is 0 Å². The molecule has 0 spiro atoms. The van der Waals surface area contributed by atoms with Crippen molar-refractivity contribution in [3.8, 4) is 0 Å². The van der Waals surface area contributed by atoms with E-state index in [1.165, 1.54) is 0 Å². The molecule has 3 heterocycles. The second-order valence-corrected chi connectivity index (χ2v) is 6.80. The maximum absolute atomic E-state index is 14.3. The minimum atomic E-state index is -0.541. The minimum Gasteiger partial charge on any atom is -0.338 e. The van der Waals surface area contributed by atoms with Crippen LogP contribution in [-0.4, -0.2) is 30.4 Å². The van der Waals surface area contributed by atoms with E-state index in [1.807, 2.05) is 50.2 Å². The summed E-state index contributed by atoms with van der Waals surface area (Å²) in [7, 11) is 0. The summed E-state index contributed by atoms with van der Waals surface area (Å²) < 4.78 is 14.3. The zero-order valence-electron chi connectivity index (χ0n) is 15.7. The zero-order valence-corrected chi connectivity index (χ0v) is 15.7. The second-order valence-electron chi connectivity index (χ2n) is 6.80. The topological polar surface area (TPSA) is 107 Å². The molecule has 5 aromatic rings. The van der Waals surface area contributed by atoms with Gasteiger partial charge in [-0.2, -0.15) is 15.2 Å². The van der Waals surface area contributed by atoms with Crippen LogP contribution in [0.15, 0.2) is 42.6 Å². The van der Waals surface area contributed by atoms with Crippen LogP contribution in [0.4, 0.5) is 27.5 Å². The molecule has 29 heavy (non-hydrogen) atoms. The Bertz CT molecular complexity index is 1350. The summed E-state index contributed by atoms with van der Waals surface area (Å²) >= 11 is 0. The van der Waals surface area contributed by atoms with Gasteiger partial charge in [0.15, 0.2) is 11.6 Å². The molecule has 0 saturated heterocycles. The fraction of sp³-hybridized carbons (Fsp3) is 0.100. The number of nitrogens with one attached hydrogen (secondary N) is 4. The quantitative estimate of drug-likeness (QED) is 0.362. The van der Waals surface area contributed by atoms with Crippen LogP contribution in [0, 0.1) is 19.7 Å². The fourth-order valence-electron chi connectivity index (χ4n) is 3.21. The number of nitrogens with zero attached hydrogens (tertiary/aromatic N) is 4. The Morgan fingerprint density at radius 1 is 0.828 bits per heavy atom. The first-order chi connectivity index (χ1) is 14.1. The van der Waals surface area contributed by atoms with Crippen molar-refractivity contribution in [2.24, 2.45) is 0 Å². The predicted octanol–water partition coefficient (Wildman–Crippen LogP) is 4.47. The van der Waals surface area contributed by atoms with Gasteiger partial charge in [-0.3, -0.25) is 10.2 Å². The standard InChI is InChI=1S/C20H17FN8/c1-10-14-7-12(3-5-17(14)28-26-10)23-19-16(21)9-22-20(25-19)24-13-4-6-18-15(8-13)11(2)27-29-18/h3-9H,1-2H3,(H,26,28)(H,27,29)(H2,22,23,24,25). The lowest BCUT2D eigenvalue weighted by Gasteiger charge is -2.10. The molecule has 0 aliphatic carbocycles. The summed E-state index contributed by atoms with van der Waals surface area (Å²) in [6.07, 6.45) is 1.14. The van der Waals surface area contributed by atoms with Crippen LogP contribution in [0.1, 0.15) is 11.4 Å². The van der Waals surface area contributed by atoms with Crippen molar-refractivity contribution in [3.63, 3.8) is 0 Å². The van der Waals surface area contributed by atoms with Crippen molar-refractivity contribution in [1.82, 2.24) is 30.4 Å². The molecule has 0 amide bonds. The van der Waals surface area contributed by atoms with E-state index >= 15 is 0 Å². The normalized spacial score (nSPS) is 11.3. The summed E-state index contributed by atoms with van der Waals surface area (Å²) in [4.78, 5) is 8.33. The van der Waals surface area contributed by atoms with E-state index < -0.39 is 5.82 Å². The Morgan fingerprint density at radius 3 is 2.03 bits per heavy atom. The molecule has 0 atom stereocenters. The van der Waals surface area contributed by atoms with E-state index in [1.54, 1.807) is 0 Å². The lowest BCUT2D eigenvalue weighted by atomic mass is 10.2. The van der Waals surface area contributed by atoms with Crippen molar-refractivity contribution < 1.29 is 4.39 Å². The molecule has 0 bridgehead atoms. The SMILES string of the molecule is Cc1[nH]nc2ccc(Nc3ncc(F)c(Nc4ccc5n[nH]c(C)c5c4)n3)cc12. The predicted molar refractivity (Wildman–Crippen MR) is 110 cm³/mol. The van der Waals surface area contributed by atoms with Gasteiger partial charge in [0.25, 0.3) is 0 Å². The van der Waals surface area contributed by atoms with Crippen molar-refractivity contribution >= 4 is 44.9 Å². The molecule has 8 nitrogen and oxygen atoms in total. The number of aromatic amines is 2. The van der Waals surface area contributed by atoms with E-state index in [4.69, 9.17) is 0 Å². The summed E-state index contributed by atoms with van der Waals surface area (Å²) in [6, 6.07) is 11.3. The molecular formula is C20H17FN8. The number of rotatable bonds is 4. The Labute approximate surface area is 164 Å². The number of hydrogen-bond donors (Lipinski definition) is 4. The lowest BCUT2D eigenvalue weighted by molar-refractivity contribution is 0.619. The van der Waals surface area contributed by atoms with Crippen LogP contribution < -0.4 is 10.6 Å². The monoisotopic (exact) mass is 388 g/mol. The van der Waals surface area contributed by atoms with Crippen LogP contribution in [0.25, 0.3) is 21.8 Å². The van der Waals surface area contributed by atoms with Crippen LogP contribution in [-0.2, 0) is 0 Å². The van der Waals surface area contributed by atoms with Gasteiger partial charge in [0.1, 0.15) is 0 Å². The third kappa shape index (κ3) is 3.12. The molecule has 5 rings (SSSR count). The summed E-state index contributed by atoms with van der Waals surface area (Å²) in [5, 5.41) is 22.4. The average molecular weight is 388 g/mol. The molecule has 0 unspecified atom stereocenters. The van der Waals surface area contributed by atoms with Crippen molar-refractivity contribution in [2.75, 3.05) is 10.6 Å². The third-order valence-electron chi connectivity index (χ3n) is 4.75. The van der Waals surface area contributed by atoms with Crippen LogP contribution in [0.3, 0.4) is 0 Å². The number of aromatic nitrogens is 6. The van der Waals surface area contributed by atoms with E-state index in [-0.39, 0.29) is 11.8 Å². The van der Waals surface area contributed by atoms with Gasteiger partial charge in [-0.05, 0) is 50.2 Å².